The lowest BCUT2D eigenvalue weighted by Crippen LogP contribution is -2.16. The molecule has 0 aliphatic heterocycles. The Hall–Kier alpha value is -1.95. The van der Waals surface area contributed by atoms with Gasteiger partial charge in [0.25, 0.3) is 0 Å². The predicted octanol–water partition coefficient (Wildman–Crippen LogP) is 2.67. The number of aromatic nitrogens is 2. The Morgan fingerprint density at radius 1 is 1.21 bits per heavy atom. The van der Waals surface area contributed by atoms with Crippen molar-refractivity contribution in [3.05, 3.63) is 46.9 Å². The van der Waals surface area contributed by atoms with Crippen LogP contribution in [0.5, 0.6) is 0 Å². The van der Waals surface area contributed by atoms with Crippen molar-refractivity contribution >= 4 is 17.6 Å². The number of nitrogens with two attached hydrogens (primary N) is 1. The fourth-order valence-corrected chi connectivity index (χ4v) is 2.53. The first kappa shape index (κ1) is 13.5. The lowest BCUT2D eigenvalue weighted by atomic mass is 10.1. The summed E-state index contributed by atoms with van der Waals surface area (Å²) in [5.74, 6) is -0.331. The highest BCUT2D eigenvalue weighted by atomic mass is 32.2. The van der Waals surface area contributed by atoms with Gasteiger partial charge in [0.1, 0.15) is 16.7 Å². The molecule has 0 fully saturated rings. The summed E-state index contributed by atoms with van der Waals surface area (Å²) in [5.41, 5.74) is 7.77. The molecular weight excluding hydrogens is 263 g/mol. The molecule has 2 aromatic rings. The van der Waals surface area contributed by atoms with Crippen LogP contribution in [0.25, 0.3) is 0 Å². The van der Waals surface area contributed by atoms with E-state index in [1.54, 1.807) is 12.1 Å². The quantitative estimate of drug-likeness (QED) is 0.667. The average Bonchev–Trinajstić information content (AvgIpc) is 2.36. The third-order valence-corrected chi connectivity index (χ3v) is 3.71. The van der Waals surface area contributed by atoms with Crippen molar-refractivity contribution in [3.8, 4) is 0 Å². The van der Waals surface area contributed by atoms with Crippen molar-refractivity contribution < 1.29 is 4.39 Å². The van der Waals surface area contributed by atoms with Gasteiger partial charge in [-0.25, -0.2) is 4.39 Å². The van der Waals surface area contributed by atoms with Gasteiger partial charge >= 0.3 is 0 Å². The second-order valence-corrected chi connectivity index (χ2v) is 5.12. The van der Waals surface area contributed by atoms with Crippen molar-refractivity contribution in [2.24, 2.45) is 5.73 Å². The SMILES string of the molecule is Cc1nnc(Sc2ccc(F)cc2)c(C(=N)N)c1C. The van der Waals surface area contributed by atoms with E-state index >= 15 is 0 Å². The number of benzene rings is 1. The predicted molar refractivity (Wildman–Crippen MR) is 73.0 cm³/mol. The van der Waals surface area contributed by atoms with Crippen LogP contribution < -0.4 is 5.73 Å². The molecule has 1 aromatic carbocycles. The van der Waals surface area contributed by atoms with Crippen LogP contribution in [0.1, 0.15) is 16.8 Å². The van der Waals surface area contributed by atoms with Crippen molar-refractivity contribution in [1.82, 2.24) is 10.2 Å². The molecule has 2 rings (SSSR count). The standard InChI is InChI=1S/C13H13FN4S/c1-7-8(2)17-18-13(11(7)12(15)16)19-10-5-3-9(14)4-6-10/h3-6H,1-2H3,(H3,15,16). The van der Waals surface area contributed by atoms with Gasteiger partial charge in [-0.3, -0.25) is 5.41 Å². The number of rotatable bonds is 3. The van der Waals surface area contributed by atoms with E-state index in [0.29, 0.717) is 10.6 Å². The van der Waals surface area contributed by atoms with E-state index in [2.05, 4.69) is 10.2 Å². The minimum atomic E-state index is -0.290. The maximum Gasteiger partial charge on any atom is 0.135 e. The van der Waals surface area contributed by atoms with Crippen LogP contribution in [0.4, 0.5) is 4.39 Å². The highest BCUT2D eigenvalue weighted by Gasteiger charge is 2.14. The van der Waals surface area contributed by atoms with Crippen molar-refractivity contribution in [2.75, 3.05) is 0 Å². The Morgan fingerprint density at radius 2 is 1.84 bits per heavy atom. The summed E-state index contributed by atoms with van der Waals surface area (Å²) in [6, 6.07) is 6.07. The van der Waals surface area contributed by atoms with Crippen LogP contribution in [-0.4, -0.2) is 16.0 Å². The molecule has 1 heterocycles. The minimum absolute atomic E-state index is 0.0416. The van der Waals surface area contributed by atoms with E-state index < -0.39 is 0 Å². The Balaban J connectivity index is 2.42. The first-order valence-electron chi connectivity index (χ1n) is 5.60. The molecule has 0 unspecified atom stereocenters. The molecule has 0 aliphatic rings. The molecule has 3 N–H and O–H groups in total. The largest absolute Gasteiger partial charge is 0.384 e. The van der Waals surface area contributed by atoms with Crippen molar-refractivity contribution in [1.29, 1.82) is 5.41 Å². The number of hydrogen-bond acceptors (Lipinski definition) is 4. The maximum atomic E-state index is 12.9. The Bertz CT molecular complexity index is 625. The van der Waals surface area contributed by atoms with E-state index in [1.165, 1.54) is 23.9 Å². The zero-order valence-corrected chi connectivity index (χ0v) is 11.4. The number of nitrogens with zero attached hydrogens (tertiary/aromatic N) is 2. The van der Waals surface area contributed by atoms with Gasteiger partial charge < -0.3 is 5.73 Å². The zero-order valence-electron chi connectivity index (χ0n) is 10.6. The topological polar surface area (TPSA) is 75.7 Å². The van der Waals surface area contributed by atoms with Gasteiger partial charge in [0.05, 0.1) is 11.3 Å². The Kier molecular flexibility index (Phi) is 3.80. The molecular formula is C13H13FN4S. The second kappa shape index (κ2) is 5.36. The number of amidine groups is 1. The van der Waals surface area contributed by atoms with Gasteiger partial charge in [-0.05, 0) is 43.7 Å². The summed E-state index contributed by atoms with van der Waals surface area (Å²) in [6.07, 6.45) is 0. The van der Waals surface area contributed by atoms with Crippen LogP contribution in [0.2, 0.25) is 0 Å². The fourth-order valence-electron chi connectivity index (χ4n) is 1.59. The van der Waals surface area contributed by atoms with E-state index in [-0.39, 0.29) is 11.7 Å². The van der Waals surface area contributed by atoms with Gasteiger partial charge in [-0.1, -0.05) is 11.8 Å². The lowest BCUT2D eigenvalue weighted by Gasteiger charge is -2.10. The van der Waals surface area contributed by atoms with E-state index in [4.69, 9.17) is 11.1 Å². The third-order valence-electron chi connectivity index (χ3n) is 2.72. The number of hydrogen-bond donors (Lipinski definition) is 2. The van der Waals surface area contributed by atoms with Gasteiger partial charge in [0, 0.05) is 4.90 Å². The monoisotopic (exact) mass is 276 g/mol. The average molecular weight is 276 g/mol. The van der Waals surface area contributed by atoms with Crippen molar-refractivity contribution in [3.63, 3.8) is 0 Å². The summed E-state index contributed by atoms with van der Waals surface area (Å²) in [6.45, 7) is 3.68. The minimum Gasteiger partial charge on any atom is -0.384 e. The molecule has 98 valence electrons. The summed E-state index contributed by atoms with van der Waals surface area (Å²) >= 11 is 1.31. The van der Waals surface area contributed by atoms with Crippen molar-refractivity contribution in [2.45, 2.75) is 23.8 Å². The number of nitrogens with one attached hydrogen (secondary N) is 1. The number of aryl methyl sites for hydroxylation is 1. The van der Waals surface area contributed by atoms with Gasteiger partial charge in [-0.15, -0.1) is 5.10 Å². The Labute approximate surface area is 114 Å². The molecule has 0 saturated carbocycles. The maximum absolute atomic E-state index is 12.9. The number of halogens is 1. The highest BCUT2D eigenvalue weighted by Crippen LogP contribution is 2.30. The highest BCUT2D eigenvalue weighted by molar-refractivity contribution is 7.99. The Morgan fingerprint density at radius 3 is 2.42 bits per heavy atom. The molecule has 0 bridgehead atoms. The lowest BCUT2D eigenvalue weighted by molar-refractivity contribution is 0.626. The van der Waals surface area contributed by atoms with Crippen LogP contribution in [-0.2, 0) is 0 Å². The van der Waals surface area contributed by atoms with E-state index in [0.717, 1.165) is 16.2 Å². The first-order valence-corrected chi connectivity index (χ1v) is 6.42. The molecule has 0 amide bonds. The summed E-state index contributed by atoms with van der Waals surface area (Å²) in [4.78, 5) is 0.821. The van der Waals surface area contributed by atoms with Gasteiger partial charge in [-0.2, -0.15) is 5.10 Å². The zero-order chi connectivity index (χ0) is 14.0. The van der Waals surface area contributed by atoms with E-state index in [1.807, 2.05) is 13.8 Å². The summed E-state index contributed by atoms with van der Waals surface area (Å²) in [7, 11) is 0. The second-order valence-electron chi connectivity index (χ2n) is 4.06. The van der Waals surface area contributed by atoms with Crippen LogP contribution in [0, 0.1) is 25.1 Å². The summed E-state index contributed by atoms with van der Waals surface area (Å²) in [5, 5.41) is 16.3. The molecule has 0 spiro atoms. The number of nitrogen functional groups attached to an aromatic ring is 1. The van der Waals surface area contributed by atoms with Crippen LogP contribution in [0.15, 0.2) is 34.2 Å². The normalized spacial score (nSPS) is 10.5. The molecule has 0 aliphatic carbocycles. The molecule has 1 aromatic heterocycles. The van der Waals surface area contributed by atoms with Gasteiger partial charge in [0.2, 0.25) is 0 Å². The molecule has 4 nitrogen and oxygen atoms in total. The molecule has 19 heavy (non-hydrogen) atoms. The van der Waals surface area contributed by atoms with Gasteiger partial charge in [0.15, 0.2) is 0 Å². The van der Waals surface area contributed by atoms with Crippen LogP contribution >= 0.6 is 11.8 Å². The summed E-state index contributed by atoms with van der Waals surface area (Å²) < 4.78 is 12.9. The van der Waals surface area contributed by atoms with E-state index in [9.17, 15) is 4.39 Å². The molecule has 0 saturated heterocycles. The first-order chi connectivity index (χ1) is 8.99. The smallest absolute Gasteiger partial charge is 0.135 e. The fraction of sp³-hybridized carbons (Fsp3) is 0.154. The molecule has 6 heteroatoms. The molecule has 0 atom stereocenters. The third kappa shape index (κ3) is 2.90. The van der Waals surface area contributed by atoms with Crippen LogP contribution in [0.3, 0.4) is 0 Å². The molecule has 0 radical (unpaired) electrons.